The Kier molecular flexibility index (Phi) is 5.29. The molecule has 0 radical (unpaired) electrons. The monoisotopic (exact) mass is 449 g/mol. The van der Waals surface area contributed by atoms with E-state index in [1.54, 1.807) is 29.1 Å². The van der Waals surface area contributed by atoms with Gasteiger partial charge in [-0.2, -0.15) is 5.10 Å². The van der Waals surface area contributed by atoms with Crippen LogP contribution in [0.1, 0.15) is 33.0 Å². The van der Waals surface area contributed by atoms with Crippen molar-refractivity contribution in [3.63, 3.8) is 0 Å². The van der Waals surface area contributed by atoms with E-state index in [2.05, 4.69) is 20.4 Å². The molecule has 8 nitrogen and oxygen atoms in total. The normalized spacial score (nSPS) is 11.7. The van der Waals surface area contributed by atoms with Crippen molar-refractivity contribution in [1.82, 2.24) is 19.7 Å². The first-order valence-electron chi connectivity index (χ1n) is 9.97. The summed E-state index contributed by atoms with van der Waals surface area (Å²) in [6.45, 7) is 7.40. The molecule has 0 spiro atoms. The zero-order valence-corrected chi connectivity index (χ0v) is 19.3. The molecule has 0 unspecified atom stereocenters. The van der Waals surface area contributed by atoms with Crippen LogP contribution in [-0.2, 0) is 9.84 Å². The predicted octanol–water partition coefficient (Wildman–Crippen LogP) is 3.70. The first-order valence-corrected chi connectivity index (χ1v) is 11.9. The molecular weight excluding hydrogens is 426 g/mol. The van der Waals surface area contributed by atoms with Crippen molar-refractivity contribution in [2.75, 3.05) is 11.6 Å². The smallest absolute Gasteiger partial charge is 0.256 e. The van der Waals surface area contributed by atoms with Crippen molar-refractivity contribution in [3.8, 4) is 5.69 Å². The molecule has 4 rings (SSSR count). The number of benzene rings is 1. The minimum absolute atomic E-state index is 0.223. The van der Waals surface area contributed by atoms with Gasteiger partial charge in [-0.1, -0.05) is 0 Å². The van der Waals surface area contributed by atoms with Crippen molar-refractivity contribution < 1.29 is 13.2 Å². The highest BCUT2D eigenvalue weighted by Gasteiger charge is 2.21. The molecule has 0 aliphatic carbocycles. The van der Waals surface area contributed by atoms with Crippen LogP contribution in [-0.4, -0.2) is 40.3 Å². The Hall–Kier alpha value is -3.59. The molecule has 0 atom stereocenters. The second kappa shape index (κ2) is 7.83. The van der Waals surface area contributed by atoms with Crippen LogP contribution in [0.15, 0.2) is 47.5 Å². The van der Waals surface area contributed by atoms with Crippen molar-refractivity contribution >= 4 is 32.5 Å². The highest BCUT2D eigenvalue weighted by molar-refractivity contribution is 7.90. The number of pyridine rings is 2. The van der Waals surface area contributed by atoms with Crippen LogP contribution in [0.2, 0.25) is 0 Å². The number of rotatable bonds is 4. The molecule has 0 fully saturated rings. The van der Waals surface area contributed by atoms with Gasteiger partial charge in [0.25, 0.3) is 5.91 Å². The number of nitrogens with zero attached hydrogens (tertiary/aromatic N) is 4. The molecule has 1 aromatic carbocycles. The van der Waals surface area contributed by atoms with E-state index in [9.17, 15) is 13.2 Å². The fourth-order valence-corrected chi connectivity index (χ4v) is 4.30. The van der Waals surface area contributed by atoms with Crippen molar-refractivity contribution in [3.05, 3.63) is 70.8 Å². The highest BCUT2D eigenvalue weighted by Crippen LogP contribution is 2.27. The van der Waals surface area contributed by atoms with E-state index in [0.717, 1.165) is 17.5 Å². The summed E-state index contributed by atoms with van der Waals surface area (Å²) in [6, 6.07) is 10.0. The number of fused-ring (bicyclic) bond motifs is 1. The quantitative estimate of drug-likeness (QED) is 0.509. The van der Waals surface area contributed by atoms with Gasteiger partial charge in [-0.05, 0) is 69.7 Å². The Morgan fingerprint density at radius 1 is 1.00 bits per heavy atom. The SMILES string of the molecule is Cc1cc(C(=O)Nc2c(C)ccnc2C)c2c(C)nn(-c3ccc(S(C)(=O)=O)cc3)c2n1. The van der Waals surface area contributed by atoms with E-state index in [0.29, 0.717) is 39.4 Å². The van der Waals surface area contributed by atoms with Gasteiger partial charge in [0.2, 0.25) is 0 Å². The van der Waals surface area contributed by atoms with Gasteiger partial charge in [0.15, 0.2) is 15.5 Å². The van der Waals surface area contributed by atoms with Crippen LogP contribution in [0, 0.1) is 27.7 Å². The third kappa shape index (κ3) is 3.87. The summed E-state index contributed by atoms with van der Waals surface area (Å²) in [6.07, 6.45) is 2.87. The molecule has 3 heterocycles. The Balaban J connectivity index is 1.83. The minimum atomic E-state index is -3.30. The maximum absolute atomic E-state index is 13.3. The Morgan fingerprint density at radius 2 is 1.69 bits per heavy atom. The van der Waals surface area contributed by atoms with E-state index < -0.39 is 9.84 Å². The molecule has 9 heteroatoms. The third-order valence-corrected chi connectivity index (χ3v) is 6.41. The zero-order chi connectivity index (χ0) is 23.2. The van der Waals surface area contributed by atoms with Crippen LogP contribution in [0.3, 0.4) is 0 Å². The molecule has 0 saturated heterocycles. The number of carbonyl (C=O) groups is 1. The highest BCUT2D eigenvalue weighted by atomic mass is 32.2. The number of hydrogen-bond donors (Lipinski definition) is 1. The van der Waals surface area contributed by atoms with Gasteiger partial charge < -0.3 is 5.32 Å². The second-order valence-corrected chi connectivity index (χ2v) is 9.83. The summed E-state index contributed by atoms with van der Waals surface area (Å²) in [5, 5.41) is 8.21. The van der Waals surface area contributed by atoms with Crippen LogP contribution in [0.5, 0.6) is 0 Å². The number of aromatic nitrogens is 4. The molecule has 0 aliphatic heterocycles. The van der Waals surface area contributed by atoms with Crippen LogP contribution in [0.4, 0.5) is 5.69 Å². The van der Waals surface area contributed by atoms with E-state index >= 15 is 0 Å². The lowest BCUT2D eigenvalue weighted by atomic mass is 10.1. The number of nitrogens with one attached hydrogen (secondary N) is 1. The lowest BCUT2D eigenvalue weighted by Crippen LogP contribution is -2.15. The minimum Gasteiger partial charge on any atom is -0.320 e. The van der Waals surface area contributed by atoms with E-state index in [1.165, 1.54) is 12.1 Å². The molecule has 32 heavy (non-hydrogen) atoms. The zero-order valence-electron chi connectivity index (χ0n) is 18.5. The van der Waals surface area contributed by atoms with Crippen molar-refractivity contribution in [1.29, 1.82) is 0 Å². The van der Waals surface area contributed by atoms with Gasteiger partial charge in [-0.3, -0.25) is 9.78 Å². The summed E-state index contributed by atoms with van der Waals surface area (Å²) in [5.41, 5.74) is 5.29. The number of carbonyl (C=O) groups excluding carboxylic acids is 1. The summed E-state index contributed by atoms with van der Waals surface area (Å²) < 4.78 is 25.2. The molecule has 0 saturated carbocycles. The fraction of sp³-hybridized carbons (Fsp3) is 0.217. The first kappa shape index (κ1) is 21.6. The van der Waals surface area contributed by atoms with Gasteiger partial charge in [-0.15, -0.1) is 0 Å². The molecule has 0 aliphatic rings. The molecule has 4 aromatic rings. The van der Waals surface area contributed by atoms with Gasteiger partial charge in [0.1, 0.15) is 0 Å². The summed E-state index contributed by atoms with van der Waals surface area (Å²) in [5.74, 6) is -0.269. The van der Waals surface area contributed by atoms with Crippen LogP contribution >= 0.6 is 0 Å². The van der Waals surface area contributed by atoms with Crippen LogP contribution in [0.25, 0.3) is 16.7 Å². The van der Waals surface area contributed by atoms with E-state index in [4.69, 9.17) is 0 Å². The molecule has 1 amide bonds. The summed E-state index contributed by atoms with van der Waals surface area (Å²) in [7, 11) is -3.30. The topological polar surface area (TPSA) is 107 Å². The van der Waals surface area contributed by atoms with E-state index in [1.807, 2.05) is 33.8 Å². The number of aryl methyl sites for hydroxylation is 4. The Bertz CT molecular complexity index is 1450. The molecule has 3 aromatic heterocycles. The second-order valence-electron chi connectivity index (χ2n) is 7.82. The first-order chi connectivity index (χ1) is 15.1. The number of anilines is 1. The fourth-order valence-electron chi connectivity index (χ4n) is 3.67. The number of sulfone groups is 1. The lowest BCUT2D eigenvalue weighted by Gasteiger charge is -2.12. The summed E-state index contributed by atoms with van der Waals surface area (Å²) in [4.78, 5) is 22.4. The standard InChI is InChI=1S/C23H23N5O3S/c1-13-10-11-24-16(4)21(13)26-23(29)19-12-14(2)25-22-20(19)15(3)27-28(22)17-6-8-18(9-7-17)32(5,30)31/h6-12H,1-5H3,(H,26,29). The molecule has 0 bridgehead atoms. The Labute approximate surface area is 186 Å². The van der Waals surface area contributed by atoms with Gasteiger partial charge >= 0.3 is 0 Å². The van der Waals surface area contributed by atoms with E-state index in [-0.39, 0.29) is 10.8 Å². The largest absolute Gasteiger partial charge is 0.320 e. The predicted molar refractivity (Wildman–Crippen MR) is 123 cm³/mol. The van der Waals surface area contributed by atoms with Crippen molar-refractivity contribution in [2.24, 2.45) is 0 Å². The third-order valence-electron chi connectivity index (χ3n) is 5.28. The molecule has 1 N–H and O–H groups in total. The maximum Gasteiger partial charge on any atom is 0.256 e. The maximum atomic E-state index is 13.3. The van der Waals surface area contributed by atoms with Gasteiger partial charge in [0, 0.05) is 18.1 Å². The van der Waals surface area contributed by atoms with Crippen molar-refractivity contribution in [2.45, 2.75) is 32.6 Å². The number of hydrogen-bond acceptors (Lipinski definition) is 6. The molecule has 164 valence electrons. The molecular formula is C23H23N5O3S. The average molecular weight is 450 g/mol. The average Bonchev–Trinajstić information content (AvgIpc) is 3.05. The van der Waals surface area contributed by atoms with Gasteiger partial charge in [-0.25, -0.2) is 18.1 Å². The summed E-state index contributed by atoms with van der Waals surface area (Å²) >= 11 is 0. The van der Waals surface area contributed by atoms with Gasteiger partial charge in [0.05, 0.1) is 38.6 Å². The number of amides is 1. The Morgan fingerprint density at radius 3 is 2.31 bits per heavy atom. The lowest BCUT2D eigenvalue weighted by molar-refractivity contribution is 0.102. The van der Waals surface area contributed by atoms with Crippen LogP contribution < -0.4 is 5.32 Å².